The molecule has 212 valence electrons. The summed E-state index contributed by atoms with van der Waals surface area (Å²) in [6.45, 7) is 4.81. The second kappa shape index (κ2) is 10.1. The van der Waals surface area contributed by atoms with Crippen LogP contribution in [0.3, 0.4) is 0 Å². The first-order valence-electron chi connectivity index (χ1n) is 12.9. The van der Waals surface area contributed by atoms with E-state index in [1.54, 1.807) is 29.1 Å². The van der Waals surface area contributed by atoms with Crippen molar-refractivity contribution >= 4 is 17.5 Å². The van der Waals surface area contributed by atoms with Crippen molar-refractivity contribution in [2.24, 2.45) is 5.41 Å². The van der Waals surface area contributed by atoms with E-state index in [0.29, 0.717) is 25.6 Å². The summed E-state index contributed by atoms with van der Waals surface area (Å²) in [5, 5.41) is 14.3. The van der Waals surface area contributed by atoms with Crippen LogP contribution < -0.4 is 24.6 Å². The fourth-order valence-corrected chi connectivity index (χ4v) is 5.48. The van der Waals surface area contributed by atoms with Gasteiger partial charge in [0.15, 0.2) is 0 Å². The van der Waals surface area contributed by atoms with Crippen molar-refractivity contribution in [3.63, 3.8) is 0 Å². The Morgan fingerprint density at radius 3 is 2.48 bits per heavy atom. The van der Waals surface area contributed by atoms with Gasteiger partial charge in [-0.05, 0) is 42.0 Å². The first-order valence-corrected chi connectivity index (χ1v) is 12.9. The maximum atomic E-state index is 12.4. The van der Waals surface area contributed by atoms with E-state index >= 15 is 0 Å². The number of nitro groups is 1. The molecule has 2 aromatic heterocycles. The molecule has 0 amide bonds. The molecular formula is C25H27F3N8O4. The molecule has 15 heteroatoms. The minimum atomic E-state index is -4.69. The predicted molar refractivity (Wildman–Crippen MR) is 136 cm³/mol. The van der Waals surface area contributed by atoms with Crippen molar-refractivity contribution in [3.8, 4) is 11.8 Å². The number of hydrogen-bond acceptors (Lipinski definition) is 10. The predicted octanol–water partition coefficient (Wildman–Crippen LogP) is 3.14. The number of hydrogen-bond donors (Lipinski definition) is 1. The Balaban J connectivity index is 0.953. The lowest BCUT2D eigenvalue weighted by Crippen LogP contribution is -2.60. The highest BCUT2D eigenvalue weighted by atomic mass is 19.4. The minimum absolute atomic E-state index is 0.0348. The van der Waals surface area contributed by atoms with Gasteiger partial charge in [0.05, 0.1) is 6.04 Å². The number of imidazole rings is 1. The highest BCUT2D eigenvalue weighted by molar-refractivity contribution is 5.52. The molecule has 3 aliphatic rings. The number of nitrogens with one attached hydrogen (secondary N) is 1. The zero-order chi connectivity index (χ0) is 27.9. The number of nitrogens with zero attached hydrogens (tertiary/aromatic N) is 7. The van der Waals surface area contributed by atoms with Crippen molar-refractivity contribution in [1.82, 2.24) is 24.8 Å². The summed E-state index contributed by atoms with van der Waals surface area (Å²) in [6.07, 6.45) is 2.26. The Morgan fingerprint density at radius 2 is 1.82 bits per heavy atom. The third-order valence-electron chi connectivity index (χ3n) is 7.63. The highest BCUT2D eigenvalue weighted by Crippen LogP contribution is 2.43. The summed E-state index contributed by atoms with van der Waals surface area (Å²) >= 11 is 0. The standard InChI is InChI=1S/C25H27F3N8O4/c26-25(27,28)40-20-3-1-19(2-4-20)35-15-24(16-35)5-7-33(8-6-24)22-30-10-17(11-31-22)9-29-18-12-34-13-21(36(37)38)32-23(34)39-14-18/h1-4,10-11,13,18,29H,5-9,12,14-16H2. The molecule has 3 aliphatic heterocycles. The van der Waals surface area contributed by atoms with Gasteiger partial charge < -0.3 is 34.7 Å². The molecule has 1 aromatic carbocycles. The maximum Gasteiger partial charge on any atom is 0.573 e. The second-order valence-corrected chi connectivity index (χ2v) is 10.5. The van der Waals surface area contributed by atoms with E-state index in [-0.39, 0.29) is 29.0 Å². The Hall–Kier alpha value is -4.14. The van der Waals surface area contributed by atoms with Gasteiger partial charge >= 0.3 is 18.2 Å². The SMILES string of the molecule is O=[N+]([O-])c1cn2c(n1)OCC(NCc1cnc(N3CCC4(CC3)CN(c3ccc(OC(F)(F)F)cc3)C4)nc1)C2. The number of fused-ring (bicyclic) bond motifs is 1. The van der Waals surface area contributed by atoms with Gasteiger partial charge in [0.2, 0.25) is 5.95 Å². The molecule has 6 rings (SSSR count). The number of alkyl halides is 3. The first-order chi connectivity index (χ1) is 19.1. The van der Waals surface area contributed by atoms with E-state index in [1.165, 1.54) is 18.3 Å². The molecule has 0 saturated carbocycles. The van der Waals surface area contributed by atoms with E-state index in [9.17, 15) is 23.3 Å². The van der Waals surface area contributed by atoms with Gasteiger partial charge in [-0.3, -0.25) is 4.57 Å². The van der Waals surface area contributed by atoms with Crippen LogP contribution in [-0.4, -0.2) is 69.6 Å². The van der Waals surface area contributed by atoms with Crippen molar-refractivity contribution in [1.29, 1.82) is 0 Å². The van der Waals surface area contributed by atoms with Gasteiger partial charge in [-0.2, -0.15) is 0 Å². The fraction of sp³-hybridized carbons (Fsp3) is 0.480. The lowest BCUT2D eigenvalue weighted by atomic mass is 9.72. The second-order valence-electron chi connectivity index (χ2n) is 10.5. The van der Waals surface area contributed by atoms with Crippen LogP contribution in [0.15, 0.2) is 42.9 Å². The summed E-state index contributed by atoms with van der Waals surface area (Å²) < 4.78 is 48.3. The van der Waals surface area contributed by atoms with Crippen LogP contribution in [0.1, 0.15) is 18.4 Å². The lowest BCUT2D eigenvalue weighted by molar-refractivity contribution is -0.389. The smallest absolute Gasteiger partial charge is 0.444 e. The van der Waals surface area contributed by atoms with Crippen LogP contribution >= 0.6 is 0 Å². The Morgan fingerprint density at radius 1 is 1.12 bits per heavy atom. The average Bonchev–Trinajstić information content (AvgIpc) is 3.35. The summed E-state index contributed by atoms with van der Waals surface area (Å²) in [6, 6.07) is 6.24. The quantitative estimate of drug-likeness (QED) is 0.341. The molecule has 2 saturated heterocycles. The van der Waals surface area contributed by atoms with Gasteiger partial charge in [0, 0.05) is 73.3 Å². The van der Waals surface area contributed by atoms with Crippen LogP contribution in [0.4, 0.5) is 30.6 Å². The summed E-state index contributed by atoms with van der Waals surface area (Å²) in [5.41, 5.74) is 2.00. The van der Waals surface area contributed by atoms with Crippen molar-refractivity contribution in [2.45, 2.75) is 38.3 Å². The Labute approximate surface area is 226 Å². The van der Waals surface area contributed by atoms with E-state index in [4.69, 9.17) is 4.74 Å². The van der Waals surface area contributed by atoms with Gasteiger partial charge in [-0.25, -0.2) is 9.97 Å². The molecule has 1 spiro atoms. The van der Waals surface area contributed by atoms with Crippen LogP contribution in [0.5, 0.6) is 11.8 Å². The van der Waals surface area contributed by atoms with E-state index < -0.39 is 11.3 Å². The van der Waals surface area contributed by atoms with Crippen LogP contribution in [0, 0.1) is 15.5 Å². The number of piperidine rings is 1. The molecule has 1 atom stereocenters. The number of ether oxygens (including phenoxy) is 2. The highest BCUT2D eigenvalue weighted by Gasteiger charge is 2.45. The summed E-state index contributed by atoms with van der Waals surface area (Å²) in [7, 11) is 0. The molecule has 1 unspecified atom stereocenters. The molecule has 0 radical (unpaired) electrons. The summed E-state index contributed by atoms with van der Waals surface area (Å²) in [4.78, 5) is 27.7. The van der Waals surface area contributed by atoms with Gasteiger partial charge in [-0.1, -0.05) is 0 Å². The average molecular weight is 561 g/mol. The lowest BCUT2D eigenvalue weighted by Gasteiger charge is -2.55. The Bertz CT molecular complexity index is 1350. The molecule has 1 N–H and O–H groups in total. The number of anilines is 2. The van der Waals surface area contributed by atoms with Crippen molar-refractivity contribution in [2.75, 3.05) is 42.6 Å². The molecule has 12 nitrogen and oxygen atoms in total. The van der Waals surface area contributed by atoms with Crippen LogP contribution in [0.25, 0.3) is 0 Å². The molecule has 0 bridgehead atoms. The van der Waals surface area contributed by atoms with Crippen LogP contribution in [0.2, 0.25) is 0 Å². The third-order valence-corrected chi connectivity index (χ3v) is 7.63. The molecular weight excluding hydrogens is 533 g/mol. The maximum absolute atomic E-state index is 12.4. The first kappa shape index (κ1) is 26.1. The fourth-order valence-electron chi connectivity index (χ4n) is 5.48. The number of rotatable bonds is 7. The van der Waals surface area contributed by atoms with E-state index in [2.05, 4.69) is 34.8 Å². The largest absolute Gasteiger partial charge is 0.573 e. The van der Waals surface area contributed by atoms with Crippen LogP contribution in [-0.2, 0) is 13.1 Å². The molecule has 3 aromatic rings. The number of benzene rings is 1. The number of halogens is 3. The van der Waals surface area contributed by atoms with Crippen molar-refractivity contribution < 1.29 is 27.6 Å². The monoisotopic (exact) mass is 560 g/mol. The van der Waals surface area contributed by atoms with Gasteiger partial charge in [0.25, 0.3) is 0 Å². The molecule has 40 heavy (non-hydrogen) atoms. The molecule has 2 fully saturated rings. The van der Waals surface area contributed by atoms with E-state index in [0.717, 1.165) is 50.3 Å². The molecule has 5 heterocycles. The zero-order valence-corrected chi connectivity index (χ0v) is 21.4. The van der Waals surface area contributed by atoms with Gasteiger partial charge in [-0.15, -0.1) is 13.2 Å². The normalized spacial score (nSPS) is 20.0. The van der Waals surface area contributed by atoms with E-state index in [1.807, 2.05) is 0 Å². The van der Waals surface area contributed by atoms with Gasteiger partial charge in [0.1, 0.15) is 18.6 Å². The topological polar surface area (TPSA) is 124 Å². The van der Waals surface area contributed by atoms with Crippen molar-refractivity contribution in [3.05, 3.63) is 58.5 Å². The third kappa shape index (κ3) is 5.59. The Kier molecular flexibility index (Phi) is 6.60. The zero-order valence-electron chi connectivity index (χ0n) is 21.4. The summed E-state index contributed by atoms with van der Waals surface area (Å²) in [5.74, 6) is 0.239. The number of aromatic nitrogens is 4. The molecule has 0 aliphatic carbocycles. The minimum Gasteiger partial charge on any atom is -0.444 e.